The van der Waals surface area contributed by atoms with Gasteiger partial charge in [0.05, 0.1) is 0 Å². The summed E-state index contributed by atoms with van der Waals surface area (Å²) < 4.78 is 20.2. The molecule has 158 valence electrons. The van der Waals surface area contributed by atoms with Crippen molar-refractivity contribution >= 4 is 34.7 Å². The maximum atomic E-state index is 14.0. The summed E-state index contributed by atoms with van der Waals surface area (Å²) >= 11 is 2.02. The van der Waals surface area contributed by atoms with Crippen molar-refractivity contribution in [3.05, 3.63) is 92.8 Å². The Morgan fingerprint density at radius 3 is 2.26 bits per heavy atom. The molecule has 3 aromatic carbocycles. The number of hydrogen-bond donors (Lipinski definition) is 2. The number of carboxylic acid groups (broad SMARTS) is 1. The molecule has 1 amide bonds. The van der Waals surface area contributed by atoms with Gasteiger partial charge < -0.3 is 15.2 Å². The van der Waals surface area contributed by atoms with Crippen LogP contribution in [0.2, 0.25) is 0 Å². The van der Waals surface area contributed by atoms with E-state index in [4.69, 9.17) is 4.74 Å². The molecular weight excluding hydrogens is 512 g/mol. The van der Waals surface area contributed by atoms with E-state index in [1.54, 1.807) is 12.1 Å². The fourth-order valence-electron chi connectivity index (χ4n) is 3.90. The molecule has 1 unspecified atom stereocenters. The molecule has 0 aromatic heterocycles. The molecule has 7 heteroatoms. The Morgan fingerprint density at radius 1 is 1.03 bits per heavy atom. The van der Waals surface area contributed by atoms with Crippen LogP contribution in [0.3, 0.4) is 0 Å². The van der Waals surface area contributed by atoms with Gasteiger partial charge in [-0.05, 0) is 68.6 Å². The second-order valence-electron chi connectivity index (χ2n) is 7.30. The number of hydrogen-bond acceptors (Lipinski definition) is 3. The summed E-state index contributed by atoms with van der Waals surface area (Å²) in [6.45, 7) is 0.0732. The molecule has 3 aromatic rings. The van der Waals surface area contributed by atoms with Crippen LogP contribution in [0, 0.1) is 9.39 Å². The number of fused-ring (bicyclic) bond motifs is 3. The smallest absolute Gasteiger partial charge is 0.407 e. The van der Waals surface area contributed by atoms with Gasteiger partial charge in [-0.25, -0.2) is 14.0 Å². The third-order valence-electron chi connectivity index (χ3n) is 5.37. The van der Waals surface area contributed by atoms with Gasteiger partial charge in [0.2, 0.25) is 0 Å². The number of benzene rings is 3. The number of carboxylic acids is 1. The van der Waals surface area contributed by atoms with Crippen LogP contribution in [0.5, 0.6) is 0 Å². The van der Waals surface area contributed by atoms with Gasteiger partial charge in [-0.1, -0.05) is 48.5 Å². The molecule has 1 atom stereocenters. The minimum absolute atomic E-state index is 0.0732. The summed E-state index contributed by atoms with van der Waals surface area (Å²) in [6, 6.07) is 19.0. The van der Waals surface area contributed by atoms with Crippen molar-refractivity contribution in [2.24, 2.45) is 0 Å². The zero-order valence-corrected chi connectivity index (χ0v) is 18.5. The van der Waals surface area contributed by atoms with Gasteiger partial charge in [-0.15, -0.1) is 0 Å². The normalized spacial score (nSPS) is 13.2. The lowest BCUT2D eigenvalue weighted by Gasteiger charge is -2.18. The average molecular weight is 531 g/mol. The lowest BCUT2D eigenvalue weighted by molar-refractivity contribution is -0.139. The van der Waals surface area contributed by atoms with Crippen molar-refractivity contribution in [3.8, 4) is 11.1 Å². The van der Waals surface area contributed by atoms with E-state index in [0.717, 1.165) is 25.8 Å². The number of halogens is 2. The van der Waals surface area contributed by atoms with Crippen LogP contribution in [-0.2, 0) is 16.0 Å². The zero-order valence-electron chi connectivity index (χ0n) is 16.3. The predicted octanol–water partition coefficient (Wildman–Crippen LogP) is 4.96. The van der Waals surface area contributed by atoms with Gasteiger partial charge in [0, 0.05) is 15.9 Å². The maximum absolute atomic E-state index is 14.0. The Balaban J connectivity index is 1.45. The first-order valence-corrected chi connectivity index (χ1v) is 10.8. The number of carbonyl (C=O) groups excluding carboxylic acids is 1. The number of alkyl carbamates (subject to hydrolysis) is 1. The second kappa shape index (κ2) is 9.05. The van der Waals surface area contributed by atoms with Crippen molar-refractivity contribution in [3.63, 3.8) is 0 Å². The van der Waals surface area contributed by atoms with E-state index in [1.165, 1.54) is 6.07 Å². The van der Waals surface area contributed by atoms with E-state index in [1.807, 2.05) is 71.1 Å². The molecule has 4 rings (SSSR count). The fraction of sp³-hybridized carbons (Fsp3) is 0.167. The van der Waals surface area contributed by atoms with Crippen LogP contribution in [-0.4, -0.2) is 29.8 Å². The van der Waals surface area contributed by atoms with Crippen LogP contribution in [0.4, 0.5) is 9.18 Å². The number of rotatable bonds is 6. The molecule has 0 heterocycles. The van der Waals surface area contributed by atoms with Gasteiger partial charge in [-0.3, -0.25) is 0 Å². The summed E-state index contributed by atoms with van der Waals surface area (Å²) in [5.74, 6) is -1.90. The van der Waals surface area contributed by atoms with Crippen molar-refractivity contribution in [2.75, 3.05) is 6.61 Å². The molecule has 0 aliphatic heterocycles. The molecular formula is C24H19FINO4. The Kier molecular flexibility index (Phi) is 6.22. The first kappa shape index (κ1) is 21.3. The summed E-state index contributed by atoms with van der Waals surface area (Å²) in [6.07, 6.45) is -1.03. The SMILES string of the molecule is O=C(NC(Cc1cc(I)ccc1F)C(=O)O)OCC1c2ccccc2-c2ccccc21. The lowest BCUT2D eigenvalue weighted by atomic mass is 9.98. The van der Waals surface area contributed by atoms with Gasteiger partial charge in [0.15, 0.2) is 0 Å². The van der Waals surface area contributed by atoms with Crippen LogP contribution < -0.4 is 5.32 Å². The quantitative estimate of drug-likeness (QED) is 0.441. The molecule has 0 fully saturated rings. The molecule has 5 nitrogen and oxygen atoms in total. The Bertz CT molecular complexity index is 1100. The zero-order chi connectivity index (χ0) is 22.0. The van der Waals surface area contributed by atoms with Crippen LogP contribution >= 0.6 is 22.6 Å². The molecule has 0 spiro atoms. The lowest BCUT2D eigenvalue weighted by Crippen LogP contribution is -2.43. The summed E-state index contributed by atoms with van der Waals surface area (Å²) in [5.41, 5.74) is 4.55. The highest BCUT2D eigenvalue weighted by Gasteiger charge is 2.30. The van der Waals surface area contributed by atoms with Gasteiger partial charge >= 0.3 is 12.1 Å². The van der Waals surface area contributed by atoms with Crippen molar-refractivity contribution in [1.82, 2.24) is 5.32 Å². The van der Waals surface area contributed by atoms with Crippen LogP contribution in [0.25, 0.3) is 11.1 Å². The van der Waals surface area contributed by atoms with E-state index >= 15 is 0 Å². The standard InChI is InChI=1S/C24H19FINO4/c25-21-10-9-15(26)11-14(21)12-22(23(28)29)27-24(30)31-13-20-18-7-3-1-5-16(18)17-6-2-4-8-19(17)20/h1-11,20,22H,12-13H2,(H,27,30)(H,28,29). The van der Waals surface area contributed by atoms with Gasteiger partial charge in [0.25, 0.3) is 0 Å². The van der Waals surface area contributed by atoms with E-state index in [9.17, 15) is 19.1 Å². The fourth-order valence-corrected chi connectivity index (χ4v) is 4.46. The van der Waals surface area contributed by atoms with E-state index in [2.05, 4.69) is 5.32 Å². The Hall–Kier alpha value is -2.94. The third-order valence-corrected chi connectivity index (χ3v) is 6.04. The van der Waals surface area contributed by atoms with Gasteiger partial charge in [-0.2, -0.15) is 0 Å². The van der Waals surface area contributed by atoms with Crippen molar-refractivity contribution in [1.29, 1.82) is 0 Å². The van der Waals surface area contributed by atoms with E-state index in [0.29, 0.717) is 0 Å². The van der Waals surface area contributed by atoms with Crippen LogP contribution in [0.1, 0.15) is 22.6 Å². The number of carbonyl (C=O) groups is 2. The van der Waals surface area contributed by atoms with Crippen molar-refractivity contribution in [2.45, 2.75) is 18.4 Å². The number of aliphatic carboxylic acids is 1. The summed E-state index contributed by atoms with van der Waals surface area (Å²) in [7, 11) is 0. The largest absolute Gasteiger partial charge is 0.480 e. The molecule has 0 radical (unpaired) electrons. The highest BCUT2D eigenvalue weighted by molar-refractivity contribution is 14.1. The molecule has 2 N–H and O–H groups in total. The molecule has 1 aliphatic rings. The first-order valence-electron chi connectivity index (χ1n) is 9.72. The molecule has 1 aliphatic carbocycles. The Labute approximate surface area is 192 Å². The highest BCUT2D eigenvalue weighted by atomic mass is 127. The minimum Gasteiger partial charge on any atom is -0.480 e. The predicted molar refractivity (Wildman–Crippen MR) is 122 cm³/mol. The third kappa shape index (κ3) is 4.56. The first-order chi connectivity index (χ1) is 14.9. The van der Waals surface area contributed by atoms with E-state index < -0.39 is 23.9 Å². The van der Waals surface area contributed by atoms with E-state index in [-0.39, 0.29) is 24.5 Å². The number of nitrogens with one attached hydrogen (secondary N) is 1. The average Bonchev–Trinajstić information content (AvgIpc) is 3.08. The van der Waals surface area contributed by atoms with Crippen LogP contribution in [0.15, 0.2) is 66.7 Å². The highest BCUT2D eigenvalue weighted by Crippen LogP contribution is 2.44. The molecule has 0 saturated heterocycles. The minimum atomic E-state index is -1.30. The van der Waals surface area contributed by atoms with Crippen molar-refractivity contribution < 1.29 is 23.8 Å². The molecule has 0 saturated carbocycles. The molecule has 31 heavy (non-hydrogen) atoms. The monoisotopic (exact) mass is 531 g/mol. The maximum Gasteiger partial charge on any atom is 0.407 e. The topological polar surface area (TPSA) is 75.6 Å². The number of ether oxygens (including phenoxy) is 1. The summed E-state index contributed by atoms with van der Waals surface area (Å²) in [5, 5.41) is 11.8. The molecule has 0 bridgehead atoms. The Morgan fingerprint density at radius 2 is 1.65 bits per heavy atom. The van der Waals surface area contributed by atoms with Gasteiger partial charge in [0.1, 0.15) is 18.5 Å². The number of amides is 1. The second-order valence-corrected chi connectivity index (χ2v) is 8.55. The summed E-state index contributed by atoms with van der Waals surface area (Å²) in [4.78, 5) is 24.0.